The van der Waals surface area contributed by atoms with Crippen LogP contribution < -0.4 is 0 Å². The van der Waals surface area contributed by atoms with E-state index in [1.165, 1.54) is 0 Å². The Morgan fingerprint density at radius 2 is 2.10 bits per heavy atom. The molecule has 0 amide bonds. The van der Waals surface area contributed by atoms with Gasteiger partial charge in [0.05, 0.1) is 0 Å². The zero-order valence-electron chi connectivity index (χ0n) is 6.47. The fourth-order valence-corrected chi connectivity index (χ4v) is 1.23. The van der Waals surface area contributed by atoms with Gasteiger partial charge in [0.25, 0.3) is 0 Å². The summed E-state index contributed by atoms with van der Waals surface area (Å²) in [5.41, 5.74) is 0. The number of halogens is 1. The van der Waals surface area contributed by atoms with Gasteiger partial charge in [-0.3, -0.25) is 0 Å². The molecule has 0 aliphatic carbocycles. The lowest BCUT2D eigenvalue weighted by molar-refractivity contribution is 0.177. The topological polar surface area (TPSA) is 26.3 Å². The van der Waals surface area contributed by atoms with Gasteiger partial charge in [0.1, 0.15) is 6.35 Å². The third-order valence-corrected chi connectivity index (χ3v) is 3.63. The first-order valence-electron chi connectivity index (χ1n) is 3.48. The van der Waals surface area contributed by atoms with Crippen LogP contribution in [0.15, 0.2) is 0 Å². The van der Waals surface area contributed by atoms with E-state index in [0.717, 1.165) is 6.42 Å². The molecular formula is C6H14ClO2P. The van der Waals surface area contributed by atoms with Crippen molar-refractivity contribution in [2.24, 2.45) is 0 Å². The minimum absolute atomic E-state index is 0.221. The standard InChI is InChI=1S/C6H14ClO2P/c1-3-5-9-6-10(7,8)4-2/h3-6H2,1-2H3. The van der Waals surface area contributed by atoms with Gasteiger partial charge in [-0.25, -0.2) is 0 Å². The summed E-state index contributed by atoms with van der Waals surface area (Å²) in [6, 6.07) is 0. The van der Waals surface area contributed by atoms with Gasteiger partial charge in [0.2, 0.25) is 0 Å². The van der Waals surface area contributed by atoms with Gasteiger partial charge < -0.3 is 9.30 Å². The molecule has 0 N–H and O–H groups in total. The zero-order valence-corrected chi connectivity index (χ0v) is 8.12. The minimum Gasteiger partial charge on any atom is -0.373 e. The van der Waals surface area contributed by atoms with E-state index in [1.807, 2.05) is 13.8 Å². The van der Waals surface area contributed by atoms with Crippen molar-refractivity contribution in [3.8, 4) is 0 Å². The highest BCUT2D eigenvalue weighted by molar-refractivity contribution is 7.89. The van der Waals surface area contributed by atoms with E-state index in [2.05, 4.69) is 0 Å². The molecule has 0 radical (unpaired) electrons. The van der Waals surface area contributed by atoms with Crippen LogP contribution >= 0.6 is 17.7 Å². The molecule has 0 saturated heterocycles. The molecule has 0 spiro atoms. The maximum atomic E-state index is 11.1. The fraction of sp³-hybridized carbons (Fsp3) is 1.00. The molecule has 1 atom stereocenters. The molecule has 0 aromatic heterocycles. The highest BCUT2D eigenvalue weighted by atomic mass is 35.7. The van der Waals surface area contributed by atoms with Crippen LogP contribution in [-0.4, -0.2) is 19.1 Å². The Bertz CT molecular complexity index is 127. The smallest absolute Gasteiger partial charge is 0.193 e. The van der Waals surface area contributed by atoms with Crippen LogP contribution in [-0.2, 0) is 9.30 Å². The Labute approximate surface area is 67.1 Å². The van der Waals surface area contributed by atoms with Crippen LogP contribution in [0, 0.1) is 0 Å². The van der Waals surface area contributed by atoms with Gasteiger partial charge >= 0.3 is 0 Å². The van der Waals surface area contributed by atoms with E-state index in [4.69, 9.17) is 16.0 Å². The Kier molecular flexibility index (Phi) is 5.42. The molecule has 0 bridgehead atoms. The summed E-state index contributed by atoms with van der Waals surface area (Å²) < 4.78 is 16.1. The Hall–Kier alpha value is 0.480. The SMILES string of the molecule is CCCOCP(=O)(Cl)CC. The predicted octanol–water partition coefficient (Wildman–Crippen LogP) is 2.91. The van der Waals surface area contributed by atoms with E-state index in [9.17, 15) is 4.57 Å². The molecule has 0 rings (SSSR count). The van der Waals surface area contributed by atoms with Crippen molar-refractivity contribution in [3.63, 3.8) is 0 Å². The van der Waals surface area contributed by atoms with Crippen molar-refractivity contribution >= 4 is 17.7 Å². The fourth-order valence-electron chi connectivity index (χ4n) is 0.436. The monoisotopic (exact) mass is 184 g/mol. The molecule has 0 aromatic rings. The van der Waals surface area contributed by atoms with Gasteiger partial charge in [-0.15, -0.1) is 0 Å². The summed E-state index contributed by atoms with van der Waals surface area (Å²) in [5.74, 6) is 0. The third-order valence-electron chi connectivity index (χ3n) is 1.10. The predicted molar refractivity (Wildman–Crippen MR) is 45.1 cm³/mol. The second-order valence-corrected chi connectivity index (χ2v) is 6.46. The molecule has 0 fully saturated rings. The van der Waals surface area contributed by atoms with E-state index in [0.29, 0.717) is 12.8 Å². The first-order chi connectivity index (χ1) is 4.62. The largest absolute Gasteiger partial charge is 0.373 e. The van der Waals surface area contributed by atoms with Crippen LogP contribution in [0.4, 0.5) is 0 Å². The Morgan fingerprint density at radius 3 is 2.50 bits per heavy atom. The summed E-state index contributed by atoms with van der Waals surface area (Å²) >= 11 is 5.59. The lowest BCUT2D eigenvalue weighted by Gasteiger charge is -2.06. The van der Waals surface area contributed by atoms with Crippen molar-refractivity contribution in [1.82, 2.24) is 0 Å². The van der Waals surface area contributed by atoms with E-state index < -0.39 is 6.49 Å². The number of hydrogen-bond acceptors (Lipinski definition) is 2. The summed E-state index contributed by atoms with van der Waals surface area (Å²) in [6.45, 7) is 2.01. The quantitative estimate of drug-likeness (QED) is 0.485. The van der Waals surface area contributed by atoms with Gasteiger partial charge in [-0.1, -0.05) is 25.1 Å². The van der Waals surface area contributed by atoms with Crippen molar-refractivity contribution in [2.45, 2.75) is 20.3 Å². The molecule has 0 aliphatic heterocycles. The Morgan fingerprint density at radius 1 is 1.50 bits per heavy atom. The highest BCUT2D eigenvalue weighted by Crippen LogP contribution is 2.50. The van der Waals surface area contributed by atoms with Crippen LogP contribution in [0.3, 0.4) is 0 Å². The first kappa shape index (κ1) is 10.5. The molecule has 4 heteroatoms. The lowest BCUT2D eigenvalue weighted by atomic mass is 10.5. The highest BCUT2D eigenvalue weighted by Gasteiger charge is 2.14. The summed E-state index contributed by atoms with van der Waals surface area (Å²) in [6.07, 6.45) is 1.68. The average molecular weight is 185 g/mol. The van der Waals surface area contributed by atoms with Crippen molar-refractivity contribution in [2.75, 3.05) is 19.1 Å². The van der Waals surface area contributed by atoms with Crippen molar-refractivity contribution < 1.29 is 9.30 Å². The molecule has 0 heterocycles. The number of rotatable bonds is 5. The molecule has 1 unspecified atom stereocenters. The molecule has 2 nitrogen and oxygen atoms in total. The van der Waals surface area contributed by atoms with Gasteiger partial charge in [-0.05, 0) is 6.42 Å². The van der Waals surface area contributed by atoms with Crippen LogP contribution in [0.1, 0.15) is 20.3 Å². The van der Waals surface area contributed by atoms with Crippen LogP contribution in [0.25, 0.3) is 0 Å². The van der Waals surface area contributed by atoms with E-state index >= 15 is 0 Å². The van der Waals surface area contributed by atoms with Crippen LogP contribution in [0.2, 0.25) is 0 Å². The molecular weight excluding hydrogens is 170 g/mol. The van der Waals surface area contributed by atoms with Gasteiger partial charge in [0, 0.05) is 12.8 Å². The summed E-state index contributed by atoms with van der Waals surface area (Å²) in [7, 11) is 0. The summed E-state index contributed by atoms with van der Waals surface area (Å²) in [5, 5.41) is 0. The molecule has 0 saturated carbocycles. The molecule has 0 aliphatic rings. The number of hydrogen-bond donors (Lipinski definition) is 0. The maximum absolute atomic E-state index is 11.1. The Balaban J connectivity index is 3.38. The van der Waals surface area contributed by atoms with Crippen molar-refractivity contribution in [3.05, 3.63) is 0 Å². The van der Waals surface area contributed by atoms with Gasteiger partial charge in [-0.2, -0.15) is 0 Å². The first-order valence-corrected chi connectivity index (χ1v) is 6.46. The van der Waals surface area contributed by atoms with Crippen molar-refractivity contribution in [1.29, 1.82) is 0 Å². The minimum atomic E-state index is -2.45. The van der Waals surface area contributed by atoms with E-state index in [-0.39, 0.29) is 6.35 Å². The normalized spacial score (nSPS) is 16.7. The number of ether oxygens (including phenoxy) is 1. The molecule has 62 valence electrons. The second kappa shape index (κ2) is 5.17. The lowest BCUT2D eigenvalue weighted by Crippen LogP contribution is -1.95. The van der Waals surface area contributed by atoms with E-state index in [1.54, 1.807) is 0 Å². The zero-order chi connectivity index (χ0) is 8.04. The second-order valence-electron chi connectivity index (χ2n) is 2.14. The maximum Gasteiger partial charge on any atom is 0.193 e. The average Bonchev–Trinajstić information content (AvgIpc) is 1.89. The third kappa shape index (κ3) is 5.28. The molecule has 10 heavy (non-hydrogen) atoms. The van der Waals surface area contributed by atoms with Gasteiger partial charge in [0.15, 0.2) is 6.49 Å². The molecule has 0 aromatic carbocycles. The summed E-state index contributed by atoms with van der Waals surface area (Å²) in [4.78, 5) is 0. The van der Waals surface area contributed by atoms with Crippen LogP contribution in [0.5, 0.6) is 0 Å².